The summed E-state index contributed by atoms with van der Waals surface area (Å²) in [5.74, 6) is 2.45. The molecule has 4 bridgehead atoms. The van der Waals surface area contributed by atoms with Gasteiger partial charge in [-0.25, -0.2) is 0 Å². The van der Waals surface area contributed by atoms with Crippen LogP contribution in [0.15, 0.2) is 18.2 Å². The van der Waals surface area contributed by atoms with E-state index in [2.05, 4.69) is 23.6 Å². The quantitative estimate of drug-likeness (QED) is 0.903. The number of carbonyl (C=O) groups excluding carboxylic acids is 1. The van der Waals surface area contributed by atoms with Gasteiger partial charge < -0.3 is 14.9 Å². The van der Waals surface area contributed by atoms with E-state index in [1.807, 2.05) is 12.1 Å². The SMILES string of the molecule is CCN(CC)c1ccc(C(=O)N2CC3C[C@@H]4CC2C[C@H](C3)C4)c(O)c1. The largest absolute Gasteiger partial charge is 0.507 e. The van der Waals surface area contributed by atoms with E-state index in [9.17, 15) is 9.90 Å². The van der Waals surface area contributed by atoms with Gasteiger partial charge in [-0.05, 0) is 75.8 Å². The average Bonchev–Trinajstić information content (AvgIpc) is 2.79. The fourth-order valence-corrected chi connectivity index (χ4v) is 5.67. The fourth-order valence-electron chi connectivity index (χ4n) is 5.67. The highest BCUT2D eigenvalue weighted by molar-refractivity contribution is 5.97. The van der Waals surface area contributed by atoms with Crippen molar-refractivity contribution >= 4 is 11.6 Å². The van der Waals surface area contributed by atoms with Crippen LogP contribution >= 0.6 is 0 Å². The van der Waals surface area contributed by atoms with Gasteiger partial charge in [0, 0.05) is 37.4 Å². The second-order valence-electron chi connectivity index (χ2n) is 8.26. The molecule has 2 saturated carbocycles. The van der Waals surface area contributed by atoms with Crippen LogP contribution in [0.1, 0.15) is 56.3 Å². The Morgan fingerprint density at radius 1 is 1.08 bits per heavy atom. The van der Waals surface area contributed by atoms with Crippen molar-refractivity contribution in [3.05, 3.63) is 23.8 Å². The molecule has 1 amide bonds. The van der Waals surface area contributed by atoms with E-state index in [4.69, 9.17) is 0 Å². The van der Waals surface area contributed by atoms with E-state index in [1.54, 1.807) is 6.07 Å². The summed E-state index contributed by atoms with van der Waals surface area (Å²) < 4.78 is 0. The number of phenolic OH excluding ortho intramolecular Hbond substituents is 1. The number of rotatable bonds is 4. The Kier molecular flexibility index (Phi) is 4.38. The smallest absolute Gasteiger partial charge is 0.257 e. The molecule has 4 fully saturated rings. The van der Waals surface area contributed by atoms with Gasteiger partial charge >= 0.3 is 0 Å². The molecule has 4 aliphatic rings. The Hall–Kier alpha value is -1.71. The number of hydrogen-bond donors (Lipinski definition) is 1. The summed E-state index contributed by atoms with van der Waals surface area (Å²) in [4.78, 5) is 17.5. The summed E-state index contributed by atoms with van der Waals surface area (Å²) in [6.45, 7) is 6.86. The minimum atomic E-state index is 0.0294. The third-order valence-corrected chi connectivity index (χ3v) is 6.71. The number of amides is 1. The molecule has 4 nitrogen and oxygen atoms in total. The molecule has 1 N–H and O–H groups in total. The highest BCUT2D eigenvalue weighted by Gasteiger charge is 2.44. The number of anilines is 1. The lowest BCUT2D eigenvalue weighted by atomic mass is 9.68. The van der Waals surface area contributed by atoms with E-state index in [1.165, 1.54) is 19.3 Å². The van der Waals surface area contributed by atoms with E-state index in [0.717, 1.165) is 50.0 Å². The molecule has 4 heteroatoms. The second kappa shape index (κ2) is 6.54. The molecule has 25 heavy (non-hydrogen) atoms. The zero-order valence-corrected chi connectivity index (χ0v) is 15.4. The van der Waals surface area contributed by atoms with Gasteiger partial charge in [-0.2, -0.15) is 0 Å². The maximum atomic E-state index is 13.2. The third-order valence-electron chi connectivity index (χ3n) is 6.71. The first-order valence-electron chi connectivity index (χ1n) is 9.97. The van der Waals surface area contributed by atoms with Crippen molar-refractivity contribution in [3.63, 3.8) is 0 Å². The molecule has 2 aliphatic heterocycles. The number of nitrogens with zero attached hydrogens (tertiary/aromatic N) is 2. The predicted molar refractivity (Wildman–Crippen MR) is 100 cm³/mol. The van der Waals surface area contributed by atoms with Crippen molar-refractivity contribution in [3.8, 4) is 5.75 Å². The first-order chi connectivity index (χ1) is 12.1. The van der Waals surface area contributed by atoms with Crippen LogP contribution in [0.5, 0.6) is 5.75 Å². The maximum absolute atomic E-state index is 13.2. The van der Waals surface area contributed by atoms with Gasteiger partial charge in [0.25, 0.3) is 5.91 Å². The first-order valence-corrected chi connectivity index (χ1v) is 9.97. The number of aromatic hydroxyl groups is 1. The summed E-state index contributed by atoms with van der Waals surface area (Å²) in [5.41, 5.74) is 1.45. The lowest BCUT2D eigenvalue weighted by Gasteiger charge is -2.39. The predicted octanol–water partition coefficient (Wildman–Crippen LogP) is 3.89. The van der Waals surface area contributed by atoms with Crippen molar-refractivity contribution in [1.29, 1.82) is 0 Å². The number of carbonyl (C=O) groups is 1. The Bertz CT molecular complexity index is 641. The molecule has 2 aliphatic carbocycles. The van der Waals surface area contributed by atoms with Gasteiger partial charge in [-0.3, -0.25) is 4.79 Å². The standard InChI is InChI=1S/C21H30N2O2/c1-3-22(4-2)17-5-6-19(20(24)12-17)21(25)23-13-16-8-14-7-15(9-16)11-18(23)10-14/h5-6,12,14-16,18,24H,3-4,7-11,13H2,1-2H3/t14-,15+,16?,18?. The summed E-state index contributed by atoms with van der Waals surface area (Å²) in [6, 6.07) is 5.93. The van der Waals surface area contributed by atoms with E-state index in [-0.39, 0.29) is 11.7 Å². The van der Waals surface area contributed by atoms with Crippen LogP contribution in [-0.2, 0) is 0 Å². The number of hydrogen-bond acceptors (Lipinski definition) is 3. The van der Waals surface area contributed by atoms with Crippen molar-refractivity contribution in [1.82, 2.24) is 4.90 Å². The van der Waals surface area contributed by atoms with Crippen LogP contribution < -0.4 is 4.90 Å². The van der Waals surface area contributed by atoms with Crippen LogP contribution in [0.3, 0.4) is 0 Å². The fraction of sp³-hybridized carbons (Fsp3) is 0.667. The second-order valence-corrected chi connectivity index (χ2v) is 8.26. The normalized spacial score (nSPS) is 30.4. The zero-order valence-electron chi connectivity index (χ0n) is 15.4. The molecule has 2 heterocycles. The van der Waals surface area contributed by atoms with Crippen LogP contribution in [0.25, 0.3) is 0 Å². The van der Waals surface area contributed by atoms with Gasteiger partial charge in [0.05, 0.1) is 5.56 Å². The molecule has 2 saturated heterocycles. The average molecular weight is 342 g/mol. The van der Waals surface area contributed by atoms with Crippen LogP contribution in [0, 0.1) is 17.8 Å². The van der Waals surface area contributed by atoms with Crippen molar-refractivity contribution in [2.24, 2.45) is 17.8 Å². The Labute approximate surface area is 150 Å². The van der Waals surface area contributed by atoms with Crippen LogP contribution in [-0.4, -0.2) is 41.6 Å². The number of phenols is 1. The highest BCUT2D eigenvalue weighted by atomic mass is 16.3. The van der Waals surface area contributed by atoms with Crippen molar-refractivity contribution < 1.29 is 9.90 Å². The first kappa shape index (κ1) is 16.7. The van der Waals surface area contributed by atoms with E-state index in [0.29, 0.717) is 17.5 Å². The molecule has 136 valence electrons. The number of fused-ring (bicyclic) bond motifs is 1. The summed E-state index contributed by atoms with van der Waals surface area (Å²) in [5, 5.41) is 10.5. The molecule has 1 aromatic carbocycles. The molecular formula is C21H30N2O2. The van der Waals surface area contributed by atoms with Crippen LogP contribution in [0.2, 0.25) is 0 Å². The Balaban J connectivity index is 1.58. The molecule has 0 radical (unpaired) electrons. The van der Waals surface area contributed by atoms with Gasteiger partial charge in [0.15, 0.2) is 0 Å². The zero-order chi connectivity index (χ0) is 17.6. The summed E-state index contributed by atoms with van der Waals surface area (Å²) >= 11 is 0. The highest BCUT2D eigenvalue weighted by Crippen LogP contribution is 2.48. The van der Waals surface area contributed by atoms with E-state index < -0.39 is 0 Å². The van der Waals surface area contributed by atoms with Gasteiger partial charge in [-0.1, -0.05) is 0 Å². The molecule has 2 unspecified atom stereocenters. The van der Waals surface area contributed by atoms with E-state index >= 15 is 0 Å². The lowest BCUT2D eigenvalue weighted by Crippen LogP contribution is -2.42. The van der Waals surface area contributed by atoms with Crippen molar-refractivity contribution in [2.45, 2.75) is 52.0 Å². The van der Waals surface area contributed by atoms with Gasteiger partial charge in [0.2, 0.25) is 0 Å². The van der Waals surface area contributed by atoms with Crippen LogP contribution in [0.4, 0.5) is 5.69 Å². The monoisotopic (exact) mass is 342 g/mol. The molecule has 4 atom stereocenters. The molecule has 0 aromatic heterocycles. The number of benzene rings is 1. The minimum Gasteiger partial charge on any atom is -0.507 e. The maximum Gasteiger partial charge on any atom is 0.257 e. The molecule has 0 spiro atoms. The van der Waals surface area contributed by atoms with Gasteiger partial charge in [-0.15, -0.1) is 0 Å². The Morgan fingerprint density at radius 2 is 1.72 bits per heavy atom. The minimum absolute atomic E-state index is 0.0294. The molecular weight excluding hydrogens is 312 g/mol. The molecule has 1 aromatic rings. The summed E-state index contributed by atoms with van der Waals surface area (Å²) in [7, 11) is 0. The van der Waals surface area contributed by atoms with Gasteiger partial charge in [0.1, 0.15) is 5.75 Å². The summed E-state index contributed by atoms with van der Waals surface area (Å²) in [6.07, 6.45) is 6.29. The van der Waals surface area contributed by atoms with Crippen molar-refractivity contribution in [2.75, 3.05) is 24.5 Å². The Morgan fingerprint density at radius 3 is 2.32 bits per heavy atom. The lowest BCUT2D eigenvalue weighted by molar-refractivity contribution is 0.0630. The molecule has 5 rings (SSSR count). The third kappa shape index (κ3) is 3.00. The topological polar surface area (TPSA) is 43.8 Å².